The molecule has 2 nitrogen and oxygen atoms in total. The first-order valence-electron chi connectivity index (χ1n) is 5.04. The van der Waals surface area contributed by atoms with Crippen molar-refractivity contribution in [1.82, 2.24) is 5.32 Å². The summed E-state index contributed by atoms with van der Waals surface area (Å²) in [5.74, 6) is 1.12. The van der Waals surface area contributed by atoms with Gasteiger partial charge in [-0.1, -0.05) is 12.8 Å². The fourth-order valence-electron chi connectivity index (χ4n) is 2.62. The molecular weight excluding hydrogens is 150 g/mol. The van der Waals surface area contributed by atoms with Crippen molar-refractivity contribution in [1.29, 1.82) is 0 Å². The maximum absolute atomic E-state index is 11.1. The number of hydrogen-bond acceptors (Lipinski definition) is 2. The van der Waals surface area contributed by atoms with Crippen LogP contribution in [0.2, 0.25) is 0 Å². The third kappa shape index (κ3) is 1.40. The molecule has 0 aromatic carbocycles. The molecule has 2 heteroatoms. The molecule has 1 unspecified atom stereocenters. The number of ketones is 1. The summed E-state index contributed by atoms with van der Waals surface area (Å²) in [7, 11) is 0. The van der Waals surface area contributed by atoms with Gasteiger partial charge < -0.3 is 5.32 Å². The van der Waals surface area contributed by atoms with Gasteiger partial charge in [-0.25, -0.2) is 0 Å². The molecule has 2 aliphatic rings. The highest BCUT2D eigenvalue weighted by Crippen LogP contribution is 2.33. The fourth-order valence-corrected chi connectivity index (χ4v) is 2.62. The molecule has 1 N–H and O–H groups in total. The predicted octanol–water partition coefficient (Wildman–Crippen LogP) is 1.50. The number of carbonyl (C=O) groups excluding carboxylic acids is 1. The highest BCUT2D eigenvalue weighted by molar-refractivity contribution is 5.81. The molecule has 2 rings (SSSR count). The van der Waals surface area contributed by atoms with Gasteiger partial charge in [0, 0.05) is 6.04 Å². The SMILES string of the molecule is CC(=O)[C@@H]1CC2CCCC[C@@H]2N1. The normalized spacial score (nSPS) is 40.9. The lowest BCUT2D eigenvalue weighted by Gasteiger charge is -2.24. The molecular formula is C10H17NO. The van der Waals surface area contributed by atoms with E-state index in [1.165, 1.54) is 25.7 Å². The third-order valence-electron chi connectivity index (χ3n) is 3.35. The zero-order valence-corrected chi connectivity index (χ0v) is 7.68. The molecule has 1 saturated heterocycles. The van der Waals surface area contributed by atoms with E-state index in [2.05, 4.69) is 5.32 Å². The van der Waals surface area contributed by atoms with Gasteiger partial charge >= 0.3 is 0 Å². The summed E-state index contributed by atoms with van der Waals surface area (Å²) in [6, 6.07) is 0.839. The Morgan fingerprint density at radius 1 is 1.33 bits per heavy atom. The molecule has 0 radical (unpaired) electrons. The van der Waals surface area contributed by atoms with E-state index in [-0.39, 0.29) is 6.04 Å². The summed E-state index contributed by atoms with van der Waals surface area (Å²) in [6.45, 7) is 1.70. The highest BCUT2D eigenvalue weighted by atomic mass is 16.1. The van der Waals surface area contributed by atoms with Crippen LogP contribution in [0.3, 0.4) is 0 Å². The second-order valence-electron chi connectivity index (χ2n) is 4.22. The Labute approximate surface area is 73.7 Å². The highest BCUT2D eigenvalue weighted by Gasteiger charge is 2.36. The van der Waals surface area contributed by atoms with Gasteiger partial charge in [-0.15, -0.1) is 0 Å². The van der Waals surface area contributed by atoms with Crippen LogP contribution in [0.15, 0.2) is 0 Å². The zero-order chi connectivity index (χ0) is 8.55. The molecule has 3 atom stereocenters. The van der Waals surface area contributed by atoms with Crippen LogP contribution in [0.5, 0.6) is 0 Å². The van der Waals surface area contributed by atoms with Gasteiger partial charge in [-0.05, 0) is 32.1 Å². The molecule has 0 bridgehead atoms. The van der Waals surface area contributed by atoms with E-state index in [0.29, 0.717) is 11.8 Å². The van der Waals surface area contributed by atoms with Gasteiger partial charge in [0.1, 0.15) is 5.78 Å². The Morgan fingerprint density at radius 3 is 2.75 bits per heavy atom. The van der Waals surface area contributed by atoms with Crippen molar-refractivity contribution < 1.29 is 4.79 Å². The van der Waals surface area contributed by atoms with Crippen molar-refractivity contribution in [2.75, 3.05) is 0 Å². The lowest BCUT2D eigenvalue weighted by atomic mass is 9.85. The lowest BCUT2D eigenvalue weighted by molar-refractivity contribution is -0.118. The van der Waals surface area contributed by atoms with Crippen LogP contribution < -0.4 is 5.32 Å². The molecule has 2 fully saturated rings. The maximum Gasteiger partial charge on any atom is 0.146 e. The number of rotatable bonds is 1. The summed E-state index contributed by atoms with van der Waals surface area (Å²) >= 11 is 0. The average Bonchev–Trinajstić information content (AvgIpc) is 2.46. The Bertz CT molecular complexity index is 176. The zero-order valence-electron chi connectivity index (χ0n) is 7.68. The summed E-state index contributed by atoms with van der Waals surface area (Å²) in [6.07, 6.45) is 6.43. The standard InChI is InChI=1S/C10H17NO/c1-7(12)10-6-8-4-2-3-5-9(8)11-10/h8-11H,2-6H2,1H3/t8?,9-,10-/m0/s1. The quantitative estimate of drug-likeness (QED) is 0.641. The molecule has 0 amide bonds. The van der Waals surface area contributed by atoms with E-state index in [9.17, 15) is 4.79 Å². The number of hydrogen-bond donors (Lipinski definition) is 1. The van der Waals surface area contributed by atoms with Crippen molar-refractivity contribution in [2.24, 2.45) is 5.92 Å². The Balaban J connectivity index is 1.98. The van der Waals surface area contributed by atoms with Crippen LogP contribution in [0, 0.1) is 5.92 Å². The predicted molar refractivity (Wildman–Crippen MR) is 48.0 cm³/mol. The van der Waals surface area contributed by atoms with Gasteiger partial charge in [0.25, 0.3) is 0 Å². The van der Waals surface area contributed by atoms with E-state index in [4.69, 9.17) is 0 Å². The monoisotopic (exact) mass is 167 g/mol. The number of nitrogens with one attached hydrogen (secondary N) is 1. The fraction of sp³-hybridized carbons (Fsp3) is 0.900. The van der Waals surface area contributed by atoms with Crippen molar-refractivity contribution in [2.45, 2.75) is 51.1 Å². The van der Waals surface area contributed by atoms with E-state index in [0.717, 1.165) is 12.3 Å². The van der Waals surface area contributed by atoms with Crippen molar-refractivity contribution in [3.8, 4) is 0 Å². The Hall–Kier alpha value is -0.370. The smallest absolute Gasteiger partial charge is 0.146 e. The third-order valence-corrected chi connectivity index (χ3v) is 3.35. The maximum atomic E-state index is 11.1. The molecule has 12 heavy (non-hydrogen) atoms. The molecule has 0 aromatic rings. The minimum absolute atomic E-state index is 0.179. The first kappa shape index (κ1) is 8.24. The minimum Gasteiger partial charge on any atom is -0.304 e. The number of fused-ring (bicyclic) bond motifs is 1. The summed E-state index contributed by atoms with van der Waals surface area (Å²) in [4.78, 5) is 11.1. The van der Waals surface area contributed by atoms with E-state index in [1.807, 2.05) is 0 Å². The second kappa shape index (κ2) is 3.17. The summed E-state index contributed by atoms with van der Waals surface area (Å²) in [5.41, 5.74) is 0. The second-order valence-corrected chi connectivity index (χ2v) is 4.22. The number of carbonyl (C=O) groups is 1. The van der Waals surface area contributed by atoms with Crippen LogP contribution in [0.4, 0.5) is 0 Å². The molecule has 1 heterocycles. The molecule has 68 valence electrons. The average molecular weight is 167 g/mol. The molecule has 1 aliphatic heterocycles. The topological polar surface area (TPSA) is 29.1 Å². The van der Waals surface area contributed by atoms with Gasteiger partial charge in [0.05, 0.1) is 6.04 Å². The van der Waals surface area contributed by atoms with E-state index < -0.39 is 0 Å². The van der Waals surface area contributed by atoms with Crippen molar-refractivity contribution >= 4 is 5.78 Å². The minimum atomic E-state index is 0.179. The van der Waals surface area contributed by atoms with Crippen LogP contribution in [-0.4, -0.2) is 17.9 Å². The summed E-state index contributed by atoms with van der Waals surface area (Å²) in [5, 5.41) is 3.44. The number of Topliss-reactive ketones (excluding diaryl/α,β-unsaturated/α-hetero) is 1. The van der Waals surface area contributed by atoms with Gasteiger partial charge in [-0.2, -0.15) is 0 Å². The van der Waals surface area contributed by atoms with Crippen LogP contribution in [0.1, 0.15) is 39.0 Å². The van der Waals surface area contributed by atoms with E-state index >= 15 is 0 Å². The van der Waals surface area contributed by atoms with Crippen molar-refractivity contribution in [3.63, 3.8) is 0 Å². The van der Waals surface area contributed by atoms with Crippen molar-refractivity contribution in [3.05, 3.63) is 0 Å². The van der Waals surface area contributed by atoms with Gasteiger partial charge in [-0.3, -0.25) is 4.79 Å². The van der Waals surface area contributed by atoms with Crippen LogP contribution in [0.25, 0.3) is 0 Å². The lowest BCUT2D eigenvalue weighted by Crippen LogP contribution is -2.36. The summed E-state index contributed by atoms with van der Waals surface area (Å²) < 4.78 is 0. The van der Waals surface area contributed by atoms with Gasteiger partial charge in [0.2, 0.25) is 0 Å². The Kier molecular flexibility index (Phi) is 2.18. The molecule has 0 aromatic heterocycles. The first-order chi connectivity index (χ1) is 5.77. The molecule has 1 aliphatic carbocycles. The Morgan fingerprint density at radius 2 is 2.08 bits per heavy atom. The molecule has 1 saturated carbocycles. The molecule has 0 spiro atoms. The van der Waals surface area contributed by atoms with E-state index in [1.54, 1.807) is 6.92 Å². The first-order valence-corrected chi connectivity index (χ1v) is 5.04. The van der Waals surface area contributed by atoms with Crippen LogP contribution >= 0.6 is 0 Å². The van der Waals surface area contributed by atoms with Crippen LogP contribution in [-0.2, 0) is 4.79 Å². The van der Waals surface area contributed by atoms with Gasteiger partial charge in [0.15, 0.2) is 0 Å². The largest absolute Gasteiger partial charge is 0.304 e.